The molecule has 2 unspecified atom stereocenters. The summed E-state index contributed by atoms with van der Waals surface area (Å²) in [5.41, 5.74) is 19.2. The standard InChI is InChI=1S/C57H47N/c1-3-35-57(4-2)53-23-13-12-21-50(53)56-46(22-14-24-54(56)57)39-27-30-42(31-28-39)58(43-32-29-40-26-25-38-15-8-9-18-45(38)51(40)36-43)44-33-34-48-47-19-10-11-20-49(47)55(52(48)37-44)41-16-6-5-7-17-41/h5-13,15-23,25-34,36-37,55H,3-4,14,24,35H2,1-2H3. The van der Waals surface area contributed by atoms with Crippen LogP contribution in [0.3, 0.4) is 0 Å². The van der Waals surface area contributed by atoms with Gasteiger partial charge >= 0.3 is 0 Å². The number of benzene rings is 8. The van der Waals surface area contributed by atoms with Gasteiger partial charge in [0.05, 0.1) is 0 Å². The fourth-order valence-electron chi connectivity index (χ4n) is 11.1. The lowest BCUT2D eigenvalue weighted by Crippen LogP contribution is -2.26. The number of anilines is 3. The fourth-order valence-corrected chi connectivity index (χ4v) is 11.1. The number of allylic oxidation sites excluding steroid dienone is 4. The molecule has 0 radical (unpaired) electrons. The molecule has 0 saturated heterocycles. The topological polar surface area (TPSA) is 3.24 Å². The highest BCUT2D eigenvalue weighted by Crippen LogP contribution is 2.58. The summed E-state index contributed by atoms with van der Waals surface area (Å²) in [5.74, 6) is 0.176. The summed E-state index contributed by atoms with van der Waals surface area (Å²) >= 11 is 0. The smallest absolute Gasteiger partial charge is 0.0468 e. The first-order valence-corrected chi connectivity index (χ1v) is 21.3. The molecule has 0 aromatic heterocycles. The molecule has 3 aliphatic rings. The first-order valence-electron chi connectivity index (χ1n) is 21.3. The van der Waals surface area contributed by atoms with E-state index in [2.05, 4.69) is 201 Å². The van der Waals surface area contributed by atoms with Crippen molar-refractivity contribution in [3.05, 3.63) is 221 Å². The quantitative estimate of drug-likeness (QED) is 0.140. The van der Waals surface area contributed by atoms with Gasteiger partial charge in [-0.15, -0.1) is 0 Å². The minimum atomic E-state index is 0.141. The van der Waals surface area contributed by atoms with Gasteiger partial charge in [0.1, 0.15) is 0 Å². The summed E-state index contributed by atoms with van der Waals surface area (Å²) in [5, 5.41) is 5.06. The molecule has 3 aliphatic carbocycles. The zero-order valence-electron chi connectivity index (χ0n) is 33.4. The van der Waals surface area contributed by atoms with Crippen LogP contribution in [0.2, 0.25) is 0 Å². The predicted octanol–water partition coefficient (Wildman–Crippen LogP) is 15.7. The van der Waals surface area contributed by atoms with Crippen LogP contribution >= 0.6 is 0 Å². The van der Waals surface area contributed by atoms with Gasteiger partial charge in [0.15, 0.2) is 0 Å². The Hall–Kier alpha value is -6.44. The van der Waals surface area contributed by atoms with Gasteiger partial charge in [-0.1, -0.05) is 171 Å². The number of rotatable bonds is 8. The Morgan fingerprint density at radius 1 is 0.552 bits per heavy atom. The molecule has 0 spiro atoms. The molecule has 0 fully saturated rings. The third kappa shape index (κ3) is 5.30. The average molecular weight is 746 g/mol. The number of nitrogens with zero attached hydrogens (tertiary/aromatic N) is 1. The maximum atomic E-state index is 2.51. The molecule has 8 aromatic rings. The minimum absolute atomic E-state index is 0.141. The Kier molecular flexibility index (Phi) is 8.33. The van der Waals surface area contributed by atoms with E-state index in [4.69, 9.17) is 0 Å². The average Bonchev–Trinajstić information content (AvgIpc) is 3.77. The van der Waals surface area contributed by atoms with E-state index in [9.17, 15) is 0 Å². The van der Waals surface area contributed by atoms with Crippen LogP contribution in [0.1, 0.15) is 85.3 Å². The second-order valence-corrected chi connectivity index (χ2v) is 16.5. The summed E-state index contributed by atoms with van der Waals surface area (Å²) < 4.78 is 0. The van der Waals surface area contributed by atoms with E-state index in [-0.39, 0.29) is 11.3 Å². The normalized spacial score (nSPS) is 17.8. The molecule has 0 bridgehead atoms. The molecule has 0 N–H and O–H groups in total. The zero-order chi connectivity index (χ0) is 38.8. The largest absolute Gasteiger partial charge is 0.310 e. The van der Waals surface area contributed by atoms with Crippen LogP contribution in [0.4, 0.5) is 17.1 Å². The molecule has 280 valence electrons. The van der Waals surface area contributed by atoms with Gasteiger partial charge < -0.3 is 4.90 Å². The highest BCUT2D eigenvalue weighted by Gasteiger charge is 2.44. The van der Waals surface area contributed by atoms with Gasteiger partial charge in [0, 0.05) is 28.4 Å². The Morgan fingerprint density at radius 2 is 1.21 bits per heavy atom. The summed E-state index contributed by atoms with van der Waals surface area (Å²) in [7, 11) is 0. The second-order valence-electron chi connectivity index (χ2n) is 16.5. The molecule has 8 aromatic carbocycles. The number of fused-ring (bicyclic) bond motifs is 8. The first-order chi connectivity index (χ1) is 28.7. The molecule has 0 amide bonds. The molecular formula is C57H47N. The lowest BCUT2D eigenvalue weighted by molar-refractivity contribution is 0.436. The monoisotopic (exact) mass is 745 g/mol. The van der Waals surface area contributed by atoms with Gasteiger partial charge in [-0.3, -0.25) is 0 Å². The van der Waals surface area contributed by atoms with Crippen LogP contribution in [0.5, 0.6) is 0 Å². The minimum Gasteiger partial charge on any atom is -0.310 e. The molecule has 11 rings (SSSR count). The van der Waals surface area contributed by atoms with Crippen LogP contribution in [0.25, 0.3) is 43.8 Å². The molecule has 2 atom stereocenters. The Labute approximate surface area is 342 Å². The van der Waals surface area contributed by atoms with Crippen molar-refractivity contribution in [3.63, 3.8) is 0 Å². The molecular weight excluding hydrogens is 699 g/mol. The third-order valence-corrected chi connectivity index (χ3v) is 13.6. The molecule has 1 nitrogen and oxygen atoms in total. The van der Waals surface area contributed by atoms with Gasteiger partial charge in [0.25, 0.3) is 0 Å². The summed E-state index contributed by atoms with van der Waals surface area (Å²) in [4.78, 5) is 2.48. The van der Waals surface area contributed by atoms with Crippen molar-refractivity contribution < 1.29 is 0 Å². The molecule has 58 heavy (non-hydrogen) atoms. The summed E-state index contributed by atoms with van der Waals surface area (Å²) in [6.07, 6.45) is 8.29. The highest BCUT2D eigenvalue weighted by atomic mass is 15.1. The predicted molar refractivity (Wildman–Crippen MR) is 246 cm³/mol. The lowest BCUT2D eigenvalue weighted by Gasteiger charge is -2.34. The van der Waals surface area contributed by atoms with E-state index < -0.39 is 0 Å². The number of hydrogen-bond donors (Lipinski definition) is 0. The van der Waals surface area contributed by atoms with E-state index in [0.717, 1.165) is 30.6 Å². The van der Waals surface area contributed by atoms with Crippen LogP contribution in [0.15, 0.2) is 188 Å². The highest BCUT2D eigenvalue weighted by molar-refractivity contribution is 6.11. The van der Waals surface area contributed by atoms with Gasteiger partial charge in [-0.2, -0.15) is 0 Å². The van der Waals surface area contributed by atoms with Crippen LogP contribution < -0.4 is 4.90 Å². The van der Waals surface area contributed by atoms with Gasteiger partial charge in [0.2, 0.25) is 0 Å². The zero-order valence-corrected chi connectivity index (χ0v) is 33.4. The van der Waals surface area contributed by atoms with E-state index in [0.29, 0.717) is 0 Å². The molecule has 0 saturated carbocycles. The Balaban J connectivity index is 1.07. The van der Waals surface area contributed by atoms with E-state index in [1.165, 1.54) is 95.7 Å². The first kappa shape index (κ1) is 34.8. The van der Waals surface area contributed by atoms with E-state index >= 15 is 0 Å². The molecule has 0 heterocycles. The summed E-state index contributed by atoms with van der Waals surface area (Å²) in [6, 6.07) is 66.2. The Bertz CT molecular complexity index is 2950. The van der Waals surface area contributed by atoms with Crippen molar-refractivity contribution in [1.29, 1.82) is 0 Å². The fraction of sp³-hybridized carbons (Fsp3) is 0.158. The van der Waals surface area contributed by atoms with Crippen LogP contribution in [0, 0.1) is 0 Å². The van der Waals surface area contributed by atoms with Crippen molar-refractivity contribution in [2.45, 2.75) is 57.3 Å². The van der Waals surface area contributed by atoms with E-state index in [1.54, 1.807) is 5.57 Å². The maximum Gasteiger partial charge on any atom is 0.0468 e. The van der Waals surface area contributed by atoms with Crippen LogP contribution in [-0.2, 0) is 5.41 Å². The van der Waals surface area contributed by atoms with Gasteiger partial charge in [-0.25, -0.2) is 0 Å². The second kappa shape index (κ2) is 13.9. The van der Waals surface area contributed by atoms with Crippen molar-refractivity contribution in [1.82, 2.24) is 0 Å². The molecule has 1 heteroatoms. The number of hydrogen-bond acceptors (Lipinski definition) is 1. The van der Waals surface area contributed by atoms with Gasteiger partial charge in [-0.05, 0) is 139 Å². The SMILES string of the molecule is CCCC1(CC)C2=C(C(c3ccc(N(c4ccc5c(c4)C(c4ccccc4)c4ccccc4-5)c4ccc5ccc6ccccc6c5c4)cc3)=CCC2)c2ccccc21. The van der Waals surface area contributed by atoms with Crippen LogP contribution in [-0.4, -0.2) is 0 Å². The third-order valence-electron chi connectivity index (χ3n) is 13.6. The van der Waals surface area contributed by atoms with Crippen molar-refractivity contribution in [2.75, 3.05) is 4.90 Å². The summed E-state index contributed by atoms with van der Waals surface area (Å²) in [6.45, 7) is 4.75. The van der Waals surface area contributed by atoms with Crippen molar-refractivity contribution in [3.8, 4) is 11.1 Å². The maximum absolute atomic E-state index is 2.51. The van der Waals surface area contributed by atoms with Crippen molar-refractivity contribution >= 4 is 49.8 Å². The Morgan fingerprint density at radius 3 is 2.03 bits per heavy atom. The lowest BCUT2D eigenvalue weighted by atomic mass is 9.69. The molecule has 0 aliphatic heterocycles. The van der Waals surface area contributed by atoms with Crippen molar-refractivity contribution in [2.24, 2.45) is 0 Å². The van der Waals surface area contributed by atoms with E-state index in [1.807, 2.05) is 0 Å².